The molecule has 0 aliphatic heterocycles. The molecule has 0 saturated heterocycles. The fourth-order valence-corrected chi connectivity index (χ4v) is 11.0. The standard InChI is InChI=1S/C80H106N4O10/c1-9-13-17-21-23-25-26-28-30-34-56-90-70-51-53-71(54-52-70)93-79(85)66-40-37-63(38-41-66)39-42-68-57-72(76(59-74(68)84(87)88)91-61(5)35-31-19-15-11-3)81-82-73-58-78(92-62(6)36-32-20-16-12-4)75(83(7)8)60-77(73)94-80(86)67-45-43-64(44-46-67)65-47-49-69(50-48-65)89-55-33-29-27-24-22-18-14-10-2/h37-38,40-41,43-54,57-62H,9-36,55-56H2,1-8H3. The summed E-state index contributed by atoms with van der Waals surface area (Å²) in [5.41, 5.74) is 3.80. The first-order valence-electron chi connectivity index (χ1n) is 35.3. The summed E-state index contributed by atoms with van der Waals surface area (Å²) < 4.78 is 37.1. The number of anilines is 1. The normalized spacial score (nSPS) is 11.8. The smallest absolute Gasteiger partial charge is 0.343 e. The Hall–Kier alpha value is -8.18. The minimum atomic E-state index is -0.612. The van der Waals surface area contributed by atoms with Crippen molar-refractivity contribution < 1.29 is 42.9 Å². The maximum absolute atomic E-state index is 14.2. The van der Waals surface area contributed by atoms with Crippen LogP contribution in [0.25, 0.3) is 11.1 Å². The van der Waals surface area contributed by atoms with E-state index in [9.17, 15) is 19.7 Å². The molecule has 0 radical (unpaired) electrons. The van der Waals surface area contributed by atoms with Crippen molar-refractivity contribution in [2.75, 3.05) is 32.2 Å². The number of rotatable bonds is 45. The molecule has 0 bridgehead atoms. The lowest BCUT2D eigenvalue weighted by Gasteiger charge is -2.23. The Morgan fingerprint density at radius 1 is 0.457 bits per heavy atom. The van der Waals surface area contributed by atoms with Gasteiger partial charge in [-0.1, -0.05) is 205 Å². The van der Waals surface area contributed by atoms with E-state index in [4.69, 9.17) is 38.6 Å². The monoisotopic (exact) mass is 1280 g/mol. The van der Waals surface area contributed by atoms with Crippen LogP contribution in [-0.4, -0.2) is 56.4 Å². The van der Waals surface area contributed by atoms with Crippen LogP contribution < -0.4 is 33.3 Å². The summed E-state index contributed by atoms with van der Waals surface area (Å²) >= 11 is 0. The zero-order valence-corrected chi connectivity index (χ0v) is 57.8. The molecular weight excluding hydrogens is 1180 g/mol. The number of carbonyl (C=O) groups excluding carboxylic acids is 2. The summed E-state index contributed by atoms with van der Waals surface area (Å²) in [7, 11) is 3.78. The number of hydrogen-bond donors (Lipinski definition) is 0. The first-order valence-corrected chi connectivity index (χ1v) is 35.3. The van der Waals surface area contributed by atoms with Crippen LogP contribution in [-0.2, 0) is 0 Å². The molecule has 6 aromatic rings. The molecular formula is C80H106N4O10. The molecule has 0 heterocycles. The van der Waals surface area contributed by atoms with Gasteiger partial charge in [0.1, 0.15) is 39.9 Å². The molecule has 14 nitrogen and oxygen atoms in total. The number of esters is 2. The number of nitro benzene ring substituents is 1. The van der Waals surface area contributed by atoms with Gasteiger partial charge in [-0.3, -0.25) is 10.1 Å². The molecule has 0 fully saturated rings. The van der Waals surface area contributed by atoms with Crippen molar-refractivity contribution in [2.45, 2.75) is 234 Å². The summed E-state index contributed by atoms with van der Waals surface area (Å²) in [5.74, 6) is 7.57. The number of nitro groups is 1. The molecule has 0 spiro atoms. The second kappa shape index (κ2) is 42.9. The lowest BCUT2D eigenvalue weighted by atomic mass is 10.0. The zero-order valence-electron chi connectivity index (χ0n) is 57.8. The van der Waals surface area contributed by atoms with Gasteiger partial charge in [0.05, 0.1) is 53.2 Å². The van der Waals surface area contributed by atoms with E-state index in [1.54, 1.807) is 72.8 Å². The predicted octanol–water partition coefficient (Wildman–Crippen LogP) is 22.9. The van der Waals surface area contributed by atoms with Crippen molar-refractivity contribution in [3.05, 3.63) is 154 Å². The predicted molar refractivity (Wildman–Crippen MR) is 382 cm³/mol. The van der Waals surface area contributed by atoms with Gasteiger partial charge in [0, 0.05) is 31.8 Å². The number of nitrogens with zero attached hydrogens (tertiary/aromatic N) is 4. The van der Waals surface area contributed by atoms with E-state index < -0.39 is 16.9 Å². The summed E-state index contributed by atoms with van der Waals surface area (Å²) in [4.78, 5) is 41.8. The third-order valence-electron chi connectivity index (χ3n) is 16.7. The molecule has 14 heteroatoms. The topological polar surface area (TPSA) is 161 Å². The number of azo groups is 1. The zero-order chi connectivity index (χ0) is 67.1. The Balaban J connectivity index is 1.22. The van der Waals surface area contributed by atoms with Gasteiger partial charge in [0.2, 0.25) is 0 Å². The number of carbonyl (C=O) groups is 2. The van der Waals surface area contributed by atoms with Crippen LogP contribution in [0.15, 0.2) is 132 Å². The van der Waals surface area contributed by atoms with E-state index in [-0.39, 0.29) is 46.3 Å². The molecule has 2 atom stereocenters. The van der Waals surface area contributed by atoms with E-state index in [0.717, 1.165) is 99.7 Å². The van der Waals surface area contributed by atoms with Gasteiger partial charge in [0.15, 0.2) is 11.5 Å². The molecule has 6 rings (SSSR count). The second-order valence-electron chi connectivity index (χ2n) is 25.1. The highest BCUT2D eigenvalue weighted by Gasteiger charge is 2.23. The van der Waals surface area contributed by atoms with Gasteiger partial charge in [-0.05, 0) is 142 Å². The maximum Gasteiger partial charge on any atom is 0.343 e. The highest BCUT2D eigenvalue weighted by molar-refractivity contribution is 5.93. The van der Waals surface area contributed by atoms with E-state index in [0.29, 0.717) is 53.5 Å². The lowest BCUT2D eigenvalue weighted by Crippen LogP contribution is -2.16. The Kier molecular flexibility index (Phi) is 34.2. The molecule has 6 aromatic carbocycles. The number of ether oxygens (including phenoxy) is 6. The van der Waals surface area contributed by atoms with Crippen LogP contribution in [0.1, 0.15) is 253 Å². The molecule has 0 amide bonds. The Morgan fingerprint density at radius 3 is 1.34 bits per heavy atom. The summed E-state index contributed by atoms with van der Waals surface area (Å²) in [5, 5.41) is 22.4. The number of benzene rings is 6. The third kappa shape index (κ3) is 27.0. The minimum Gasteiger partial charge on any atom is -0.494 e. The maximum atomic E-state index is 14.2. The molecule has 506 valence electrons. The summed E-state index contributed by atoms with van der Waals surface area (Å²) in [6, 6.07) is 35.1. The van der Waals surface area contributed by atoms with E-state index in [2.05, 4.69) is 39.5 Å². The molecule has 0 saturated carbocycles. The van der Waals surface area contributed by atoms with Crippen molar-refractivity contribution in [3.63, 3.8) is 0 Å². The highest BCUT2D eigenvalue weighted by Crippen LogP contribution is 2.43. The van der Waals surface area contributed by atoms with E-state index >= 15 is 0 Å². The summed E-state index contributed by atoms with van der Waals surface area (Å²) in [6.07, 6.45) is 32.0. The van der Waals surface area contributed by atoms with Gasteiger partial charge >= 0.3 is 11.9 Å². The average Bonchev–Trinajstić information content (AvgIpc) is 0.896. The van der Waals surface area contributed by atoms with Crippen LogP contribution in [0.5, 0.6) is 34.5 Å². The fraction of sp³-hybridized carbons (Fsp3) is 0.500. The molecule has 0 aliphatic carbocycles. The summed E-state index contributed by atoms with van der Waals surface area (Å²) in [6.45, 7) is 14.1. The van der Waals surface area contributed by atoms with Crippen molar-refractivity contribution in [2.24, 2.45) is 10.2 Å². The molecule has 2 unspecified atom stereocenters. The molecule has 94 heavy (non-hydrogen) atoms. The average molecular weight is 1280 g/mol. The van der Waals surface area contributed by atoms with Crippen molar-refractivity contribution in [1.29, 1.82) is 0 Å². The van der Waals surface area contributed by atoms with Crippen molar-refractivity contribution in [3.8, 4) is 57.5 Å². The van der Waals surface area contributed by atoms with Crippen LogP contribution >= 0.6 is 0 Å². The SMILES string of the molecule is CCCCCCCCCCCCOc1ccc(OC(=O)c2ccc(C#Cc3cc(N=Nc4cc(OC(C)CCCCCC)c(N(C)C)cc4OC(=O)c4ccc(-c5ccc(OCCCCCCCCCC)cc5)cc4)c(OC(C)CCCCCC)cc3[N+](=O)[O-])cc2)cc1. The van der Waals surface area contributed by atoms with Gasteiger partial charge in [-0.25, -0.2) is 9.59 Å². The van der Waals surface area contributed by atoms with Gasteiger partial charge in [-0.15, -0.1) is 10.2 Å². The minimum absolute atomic E-state index is 0.0543. The van der Waals surface area contributed by atoms with Crippen LogP contribution in [0.3, 0.4) is 0 Å². The second-order valence-corrected chi connectivity index (χ2v) is 25.1. The number of hydrogen-bond acceptors (Lipinski definition) is 13. The Labute approximate surface area is 562 Å². The first-order chi connectivity index (χ1) is 45.8. The quantitative estimate of drug-likeness (QED) is 0.00681. The Morgan fingerprint density at radius 2 is 0.862 bits per heavy atom. The lowest BCUT2D eigenvalue weighted by molar-refractivity contribution is -0.385. The molecule has 0 N–H and O–H groups in total. The third-order valence-corrected chi connectivity index (χ3v) is 16.7. The van der Waals surface area contributed by atoms with Crippen molar-refractivity contribution in [1.82, 2.24) is 0 Å². The van der Waals surface area contributed by atoms with Gasteiger partial charge < -0.3 is 33.3 Å². The van der Waals surface area contributed by atoms with E-state index in [1.165, 1.54) is 108 Å². The van der Waals surface area contributed by atoms with Crippen LogP contribution in [0.2, 0.25) is 0 Å². The van der Waals surface area contributed by atoms with Crippen LogP contribution in [0.4, 0.5) is 22.7 Å². The van der Waals surface area contributed by atoms with E-state index in [1.807, 2.05) is 69.2 Å². The van der Waals surface area contributed by atoms with Gasteiger partial charge in [0.25, 0.3) is 5.69 Å². The first kappa shape index (κ1) is 74.9. The van der Waals surface area contributed by atoms with Crippen molar-refractivity contribution >= 4 is 34.7 Å². The van der Waals surface area contributed by atoms with Gasteiger partial charge in [-0.2, -0.15) is 0 Å². The Bertz CT molecular complexity index is 3280. The molecule has 0 aliphatic rings. The molecule has 0 aromatic heterocycles. The number of unbranched alkanes of at least 4 members (excludes halogenated alkanes) is 22. The fourth-order valence-electron chi connectivity index (χ4n) is 11.0. The highest BCUT2D eigenvalue weighted by atomic mass is 16.6. The van der Waals surface area contributed by atoms with Crippen LogP contribution in [0, 0.1) is 22.0 Å². The largest absolute Gasteiger partial charge is 0.494 e.